The third-order valence-electron chi connectivity index (χ3n) is 1.86. The van der Waals surface area contributed by atoms with E-state index in [2.05, 4.69) is 10.1 Å². The number of phenols is 1. The smallest absolute Gasteiger partial charge is 0.257 e. The van der Waals surface area contributed by atoms with E-state index >= 15 is 0 Å². The van der Waals surface area contributed by atoms with Crippen molar-refractivity contribution in [1.29, 1.82) is 0 Å². The molecule has 2 aromatic rings. The summed E-state index contributed by atoms with van der Waals surface area (Å²) < 4.78 is 5.09. The standard InChI is InChI=1S/C10H10N2O2S/c1-15-6-9-11-10(14-12-9)7-2-4-8(13)5-3-7/h2-5,13H,6H2,1H3. The zero-order valence-corrected chi connectivity index (χ0v) is 8.99. The van der Waals surface area contributed by atoms with Gasteiger partial charge in [-0.15, -0.1) is 0 Å². The third kappa shape index (κ3) is 2.30. The maximum Gasteiger partial charge on any atom is 0.257 e. The Bertz CT molecular complexity index is 439. The van der Waals surface area contributed by atoms with Crippen LogP contribution in [0.5, 0.6) is 5.75 Å². The summed E-state index contributed by atoms with van der Waals surface area (Å²) in [6.45, 7) is 0. The Hall–Kier alpha value is -1.49. The van der Waals surface area contributed by atoms with Crippen molar-refractivity contribution in [3.63, 3.8) is 0 Å². The quantitative estimate of drug-likeness (QED) is 0.863. The molecule has 0 amide bonds. The van der Waals surface area contributed by atoms with Crippen molar-refractivity contribution in [2.75, 3.05) is 6.26 Å². The summed E-state index contributed by atoms with van der Waals surface area (Å²) in [6.07, 6.45) is 1.98. The van der Waals surface area contributed by atoms with E-state index in [-0.39, 0.29) is 5.75 Å². The molecule has 1 aromatic carbocycles. The normalized spacial score (nSPS) is 10.5. The fourth-order valence-corrected chi connectivity index (χ4v) is 1.54. The zero-order valence-electron chi connectivity index (χ0n) is 8.17. The van der Waals surface area contributed by atoms with E-state index in [0.29, 0.717) is 11.7 Å². The van der Waals surface area contributed by atoms with Crippen LogP contribution in [0.1, 0.15) is 5.82 Å². The number of hydrogen-bond acceptors (Lipinski definition) is 5. The van der Waals surface area contributed by atoms with Gasteiger partial charge in [-0.2, -0.15) is 16.7 Å². The van der Waals surface area contributed by atoms with E-state index < -0.39 is 0 Å². The lowest BCUT2D eigenvalue weighted by atomic mass is 10.2. The van der Waals surface area contributed by atoms with Gasteiger partial charge in [0.25, 0.3) is 5.89 Å². The van der Waals surface area contributed by atoms with Gasteiger partial charge in [-0.05, 0) is 30.5 Å². The molecule has 2 rings (SSSR count). The Balaban J connectivity index is 2.25. The number of phenolic OH excluding ortho intramolecular Hbond substituents is 1. The van der Waals surface area contributed by atoms with Crippen molar-refractivity contribution in [3.05, 3.63) is 30.1 Å². The van der Waals surface area contributed by atoms with Gasteiger partial charge in [-0.3, -0.25) is 0 Å². The SMILES string of the molecule is CSCc1noc(-c2ccc(O)cc2)n1. The number of rotatable bonds is 3. The molecule has 5 heteroatoms. The van der Waals surface area contributed by atoms with Gasteiger partial charge >= 0.3 is 0 Å². The summed E-state index contributed by atoms with van der Waals surface area (Å²) in [6, 6.07) is 6.67. The van der Waals surface area contributed by atoms with Gasteiger partial charge in [0.15, 0.2) is 5.82 Å². The topological polar surface area (TPSA) is 59.2 Å². The van der Waals surface area contributed by atoms with Crippen LogP contribution < -0.4 is 0 Å². The Kier molecular flexibility index (Phi) is 2.91. The van der Waals surface area contributed by atoms with E-state index in [4.69, 9.17) is 9.63 Å². The lowest BCUT2D eigenvalue weighted by Crippen LogP contribution is -1.82. The maximum atomic E-state index is 9.12. The van der Waals surface area contributed by atoms with E-state index in [9.17, 15) is 0 Å². The van der Waals surface area contributed by atoms with Crippen LogP contribution in [0.4, 0.5) is 0 Å². The van der Waals surface area contributed by atoms with E-state index in [1.54, 1.807) is 36.0 Å². The van der Waals surface area contributed by atoms with E-state index in [1.807, 2.05) is 6.26 Å². The van der Waals surface area contributed by atoms with Crippen LogP contribution in [0.15, 0.2) is 28.8 Å². The number of nitrogens with zero attached hydrogens (tertiary/aromatic N) is 2. The molecule has 0 aliphatic heterocycles. The Morgan fingerprint density at radius 2 is 2.07 bits per heavy atom. The fourth-order valence-electron chi connectivity index (χ4n) is 1.16. The minimum atomic E-state index is 0.225. The second-order valence-electron chi connectivity index (χ2n) is 3.00. The molecule has 1 aromatic heterocycles. The largest absolute Gasteiger partial charge is 0.508 e. The summed E-state index contributed by atoms with van der Waals surface area (Å²) in [5.41, 5.74) is 0.813. The second-order valence-corrected chi connectivity index (χ2v) is 3.86. The second kappa shape index (κ2) is 4.35. The van der Waals surface area contributed by atoms with Gasteiger partial charge < -0.3 is 9.63 Å². The van der Waals surface area contributed by atoms with Gasteiger partial charge in [0.05, 0.1) is 5.75 Å². The predicted octanol–water partition coefficient (Wildman–Crippen LogP) is 2.31. The first-order valence-electron chi connectivity index (χ1n) is 4.40. The number of aromatic nitrogens is 2. The monoisotopic (exact) mass is 222 g/mol. The van der Waals surface area contributed by atoms with Crippen LogP contribution in [-0.2, 0) is 5.75 Å². The minimum Gasteiger partial charge on any atom is -0.508 e. The summed E-state index contributed by atoms with van der Waals surface area (Å²) in [4.78, 5) is 4.22. The Morgan fingerprint density at radius 3 is 2.73 bits per heavy atom. The molecular weight excluding hydrogens is 212 g/mol. The summed E-state index contributed by atoms with van der Waals surface area (Å²) in [5.74, 6) is 2.13. The number of aromatic hydroxyl groups is 1. The van der Waals surface area contributed by atoms with Crippen molar-refractivity contribution >= 4 is 11.8 Å². The minimum absolute atomic E-state index is 0.225. The highest BCUT2D eigenvalue weighted by Gasteiger charge is 2.07. The molecule has 0 saturated heterocycles. The van der Waals surface area contributed by atoms with Crippen molar-refractivity contribution in [2.45, 2.75) is 5.75 Å². The molecule has 0 bridgehead atoms. The highest BCUT2D eigenvalue weighted by Crippen LogP contribution is 2.20. The van der Waals surface area contributed by atoms with Gasteiger partial charge in [0.1, 0.15) is 5.75 Å². The Labute approximate surface area is 91.3 Å². The molecule has 0 aliphatic rings. The molecule has 0 spiro atoms. The summed E-state index contributed by atoms with van der Waals surface area (Å²) >= 11 is 1.64. The van der Waals surface area contributed by atoms with Crippen LogP contribution in [-0.4, -0.2) is 21.5 Å². The molecule has 4 nitrogen and oxygen atoms in total. The molecule has 0 fully saturated rings. The average Bonchev–Trinajstić information content (AvgIpc) is 2.68. The molecule has 78 valence electrons. The zero-order chi connectivity index (χ0) is 10.7. The molecule has 0 unspecified atom stereocenters. The molecule has 0 atom stereocenters. The van der Waals surface area contributed by atoms with Crippen molar-refractivity contribution in [3.8, 4) is 17.2 Å². The van der Waals surface area contributed by atoms with Crippen LogP contribution in [0.3, 0.4) is 0 Å². The molecule has 0 radical (unpaired) electrons. The number of thioether (sulfide) groups is 1. The van der Waals surface area contributed by atoms with Crippen LogP contribution in [0.25, 0.3) is 11.5 Å². The van der Waals surface area contributed by atoms with Gasteiger partial charge in [0.2, 0.25) is 0 Å². The summed E-state index contributed by atoms with van der Waals surface area (Å²) in [7, 11) is 0. The third-order valence-corrected chi connectivity index (χ3v) is 2.40. The molecule has 1 N–H and O–H groups in total. The molecular formula is C10H10N2O2S. The van der Waals surface area contributed by atoms with Gasteiger partial charge in [-0.1, -0.05) is 5.16 Å². The maximum absolute atomic E-state index is 9.12. The van der Waals surface area contributed by atoms with E-state index in [0.717, 1.165) is 11.3 Å². The highest BCUT2D eigenvalue weighted by atomic mass is 32.2. The average molecular weight is 222 g/mol. The summed E-state index contributed by atoms with van der Waals surface area (Å²) in [5, 5.41) is 13.0. The van der Waals surface area contributed by atoms with Crippen LogP contribution in [0.2, 0.25) is 0 Å². The van der Waals surface area contributed by atoms with Gasteiger partial charge in [0, 0.05) is 5.56 Å². The number of benzene rings is 1. The lowest BCUT2D eigenvalue weighted by Gasteiger charge is -1.93. The predicted molar refractivity (Wildman–Crippen MR) is 58.6 cm³/mol. The first-order valence-corrected chi connectivity index (χ1v) is 5.80. The van der Waals surface area contributed by atoms with Crippen LogP contribution >= 0.6 is 11.8 Å². The molecule has 0 aliphatic carbocycles. The van der Waals surface area contributed by atoms with Crippen molar-refractivity contribution in [1.82, 2.24) is 10.1 Å². The number of hydrogen-bond donors (Lipinski definition) is 1. The van der Waals surface area contributed by atoms with E-state index in [1.165, 1.54) is 0 Å². The van der Waals surface area contributed by atoms with Crippen molar-refractivity contribution in [2.24, 2.45) is 0 Å². The van der Waals surface area contributed by atoms with Crippen LogP contribution in [0, 0.1) is 0 Å². The molecule has 0 saturated carbocycles. The molecule has 15 heavy (non-hydrogen) atoms. The Morgan fingerprint density at radius 1 is 1.33 bits per heavy atom. The first-order chi connectivity index (χ1) is 7.29. The highest BCUT2D eigenvalue weighted by molar-refractivity contribution is 7.97. The lowest BCUT2D eigenvalue weighted by molar-refractivity contribution is 0.425. The first kappa shape index (κ1) is 10.0. The molecule has 1 heterocycles. The van der Waals surface area contributed by atoms with Crippen molar-refractivity contribution < 1.29 is 9.63 Å². The van der Waals surface area contributed by atoms with Gasteiger partial charge in [-0.25, -0.2) is 0 Å². The fraction of sp³-hybridized carbons (Fsp3) is 0.200.